The Kier molecular flexibility index (Phi) is 4.81. The number of carbonyl (C=O) groups excluding carboxylic acids is 2. The number of aryl methyl sites for hydroxylation is 2. The van der Waals surface area contributed by atoms with E-state index in [0.29, 0.717) is 15.9 Å². The molecule has 0 fully saturated rings. The fourth-order valence-corrected chi connectivity index (χ4v) is 3.76. The second kappa shape index (κ2) is 7.03. The van der Waals surface area contributed by atoms with Gasteiger partial charge < -0.3 is 9.30 Å². The number of thiazole rings is 1. The van der Waals surface area contributed by atoms with Crippen LogP contribution in [0, 0.1) is 0 Å². The first kappa shape index (κ1) is 17.1. The Hall–Kier alpha value is -2.73. The van der Waals surface area contributed by atoms with Crippen LogP contribution in [0.4, 0.5) is 0 Å². The zero-order valence-corrected chi connectivity index (χ0v) is 15.1. The van der Waals surface area contributed by atoms with Gasteiger partial charge in [-0.15, -0.1) is 0 Å². The molecule has 0 spiro atoms. The minimum atomic E-state index is -0.432. The zero-order chi connectivity index (χ0) is 18.0. The smallest absolute Gasteiger partial charge is 0.337 e. The Bertz CT molecular complexity index is 1010. The molecule has 0 saturated heterocycles. The highest BCUT2D eigenvalue weighted by atomic mass is 32.1. The van der Waals surface area contributed by atoms with Crippen molar-refractivity contribution in [1.82, 2.24) is 4.57 Å². The highest BCUT2D eigenvalue weighted by Crippen LogP contribution is 2.21. The van der Waals surface area contributed by atoms with Gasteiger partial charge in [-0.1, -0.05) is 30.4 Å². The molecule has 2 aromatic carbocycles. The summed E-state index contributed by atoms with van der Waals surface area (Å²) in [5, 5.41) is 0. The van der Waals surface area contributed by atoms with E-state index in [-0.39, 0.29) is 5.91 Å². The van der Waals surface area contributed by atoms with Gasteiger partial charge in [0.2, 0.25) is 0 Å². The highest BCUT2D eigenvalue weighted by Gasteiger charge is 2.11. The Morgan fingerprint density at radius 3 is 2.44 bits per heavy atom. The van der Waals surface area contributed by atoms with Crippen LogP contribution in [0.1, 0.15) is 33.2 Å². The van der Waals surface area contributed by atoms with E-state index >= 15 is 0 Å². The van der Waals surface area contributed by atoms with Gasteiger partial charge in [-0.2, -0.15) is 4.99 Å². The first-order chi connectivity index (χ1) is 12.0. The number of ether oxygens (including phenoxy) is 1. The maximum Gasteiger partial charge on any atom is 0.337 e. The van der Waals surface area contributed by atoms with Crippen LogP contribution in [0.2, 0.25) is 0 Å². The van der Waals surface area contributed by atoms with Gasteiger partial charge >= 0.3 is 5.97 Å². The molecule has 0 unspecified atom stereocenters. The standard InChI is InChI=1S/C19H18N2O3S/c1-4-12-6-5-7-15-16(12)21(2)19(25-15)20-17(22)13-8-10-14(11-9-13)18(23)24-3/h5-11H,4H2,1-3H3. The minimum Gasteiger partial charge on any atom is -0.465 e. The summed E-state index contributed by atoms with van der Waals surface area (Å²) in [6.45, 7) is 2.11. The zero-order valence-electron chi connectivity index (χ0n) is 14.3. The number of aromatic nitrogens is 1. The summed E-state index contributed by atoms with van der Waals surface area (Å²) in [5.41, 5.74) is 3.18. The molecule has 6 heteroatoms. The molecule has 0 aliphatic carbocycles. The number of benzene rings is 2. The summed E-state index contributed by atoms with van der Waals surface area (Å²) in [5.74, 6) is -0.768. The maximum absolute atomic E-state index is 12.5. The van der Waals surface area contributed by atoms with Crippen molar-refractivity contribution in [3.05, 3.63) is 64.0 Å². The van der Waals surface area contributed by atoms with Crippen molar-refractivity contribution in [2.24, 2.45) is 12.0 Å². The van der Waals surface area contributed by atoms with Crippen LogP contribution in [0.3, 0.4) is 0 Å². The van der Waals surface area contributed by atoms with Gasteiger partial charge in [0.1, 0.15) is 0 Å². The molecule has 25 heavy (non-hydrogen) atoms. The lowest BCUT2D eigenvalue weighted by Crippen LogP contribution is -2.14. The average Bonchev–Trinajstić information content (AvgIpc) is 2.97. The summed E-state index contributed by atoms with van der Waals surface area (Å²) in [4.78, 5) is 28.8. The van der Waals surface area contributed by atoms with Crippen molar-refractivity contribution < 1.29 is 14.3 Å². The number of amides is 1. The Morgan fingerprint density at radius 1 is 1.12 bits per heavy atom. The largest absolute Gasteiger partial charge is 0.465 e. The second-order valence-electron chi connectivity index (χ2n) is 5.55. The van der Waals surface area contributed by atoms with Gasteiger partial charge in [-0.05, 0) is 42.3 Å². The van der Waals surface area contributed by atoms with Crippen molar-refractivity contribution in [3.63, 3.8) is 0 Å². The van der Waals surface area contributed by atoms with E-state index in [4.69, 9.17) is 0 Å². The molecule has 1 aromatic heterocycles. The topological polar surface area (TPSA) is 60.7 Å². The van der Waals surface area contributed by atoms with Crippen LogP contribution in [-0.2, 0) is 18.2 Å². The normalized spacial score (nSPS) is 11.7. The van der Waals surface area contributed by atoms with E-state index in [1.54, 1.807) is 24.3 Å². The molecule has 1 amide bonds. The fraction of sp³-hybridized carbons (Fsp3) is 0.211. The summed E-state index contributed by atoms with van der Waals surface area (Å²) in [6.07, 6.45) is 0.921. The number of hydrogen-bond donors (Lipinski definition) is 0. The minimum absolute atomic E-state index is 0.336. The number of rotatable bonds is 3. The van der Waals surface area contributed by atoms with E-state index in [9.17, 15) is 9.59 Å². The highest BCUT2D eigenvalue weighted by molar-refractivity contribution is 7.16. The Balaban J connectivity index is 2.00. The molecule has 128 valence electrons. The van der Waals surface area contributed by atoms with E-state index in [1.807, 2.05) is 23.7 Å². The van der Waals surface area contributed by atoms with E-state index in [1.165, 1.54) is 24.0 Å². The van der Waals surface area contributed by atoms with Crippen LogP contribution in [0.25, 0.3) is 10.2 Å². The third-order valence-electron chi connectivity index (χ3n) is 4.04. The second-order valence-corrected chi connectivity index (χ2v) is 6.56. The average molecular weight is 354 g/mol. The molecule has 5 nitrogen and oxygen atoms in total. The van der Waals surface area contributed by atoms with Crippen molar-refractivity contribution in [2.75, 3.05) is 7.11 Å². The van der Waals surface area contributed by atoms with Gasteiger partial charge in [0.15, 0.2) is 4.80 Å². The van der Waals surface area contributed by atoms with Crippen molar-refractivity contribution >= 4 is 33.4 Å². The molecule has 0 N–H and O–H groups in total. The summed E-state index contributed by atoms with van der Waals surface area (Å²) >= 11 is 1.49. The van der Waals surface area contributed by atoms with Crippen molar-refractivity contribution in [3.8, 4) is 0 Å². The predicted molar refractivity (Wildman–Crippen MR) is 97.8 cm³/mol. The van der Waals surface area contributed by atoms with Crippen LogP contribution in [0.15, 0.2) is 47.5 Å². The molecule has 3 aromatic rings. The van der Waals surface area contributed by atoms with Crippen LogP contribution < -0.4 is 4.80 Å². The van der Waals surface area contributed by atoms with Crippen molar-refractivity contribution in [2.45, 2.75) is 13.3 Å². The molecule has 0 aliphatic heterocycles. The van der Waals surface area contributed by atoms with Gasteiger partial charge in [0.25, 0.3) is 5.91 Å². The lowest BCUT2D eigenvalue weighted by Gasteiger charge is -2.02. The number of carbonyl (C=O) groups is 2. The number of methoxy groups -OCH3 is 1. The van der Waals surface area contributed by atoms with E-state index in [0.717, 1.165) is 16.6 Å². The molecule has 0 aliphatic rings. The fourth-order valence-electron chi connectivity index (χ4n) is 2.69. The summed E-state index contributed by atoms with van der Waals surface area (Å²) in [7, 11) is 3.24. The molecule has 0 radical (unpaired) electrons. The molecule has 3 rings (SSSR count). The quantitative estimate of drug-likeness (QED) is 0.678. The van der Waals surface area contributed by atoms with Crippen LogP contribution >= 0.6 is 11.3 Å². The predicted octanol–water partition coefficient (Wildman–Crippen LogP) is 3.33. The monoisotopic (exact) mass is 354 g/mol. The lowest BCUT2D eigenvalue weighted by molar-refractivity contribution is 0.0600. The Morgan fingerprint density at radius 2 is 1.80 bits per heavy atom. The first-order valence-electron chi connectivity index (χ1n) is 7.90. The summed E-state index contributed by atoms with van der Waals surface area (Å²) in [6, 6.07) is 12.4. The molecule has 0 saturated carbocycles. The number of esters is 1. The summed E-state index contributed by atoms with van der Waals surface area (Å²) < 4.78 is 7.72. The van der Waals surface area contributed by atoms with E-state index < -0.39 is 5.97 Å². The number of hydrogen-bond acceptors (Lipinski definition) is 4. The number of nitrogens with zero attached hydrogens (tertiary/aromatic N) is 2. The number of para-hydroxylation sites is 1. The molecular weight excluding hydrogens is 336 g/mol. The van der Waals surface area contributed by atoms with Gasteiger partial charge in [0.05, 0.1) is 22.9 Å². The third kappa shape index (κ3) is 3.25. The molecular formula is C19H18N2O3S. The van der Waals surface area contributed by atoms with Crippen LogP contribution in [0.5, 0.6) is 0 Å². The van der Waals surface area contributed by atoms with E-state index in [2.05, 4.69) is 22.7 Å². The first-order valence-corrected chi connectivity index (χ1v) is 8.71. The molecule has 1 heterocycles. The molecule has 0 bridgehead atoms. The SMILES string of the molecule is CCc1cccc2sc(=NC(=O)c3ccc(C(=O)OC)cc3)n(C)c12. The maximum atomic E-state index is 12.5. The van der Waals surface area contributed by atoms with Gasteiger partial charge in [-0.25, -0.2) is 4.79 Å². The third-order valence-corrected chi connectivity index (χ3v) is 5.13. The van der Waals surface area contributed by atoms with Gasteiger partial charge in [0, 0.05) is 12.6 Å². The lowest BCUT2D eigenvalue weighted by atomic mass is 10.1. The molecule has 0 atom stereocenters. The van der Waals surface area contributed by atoms with Crippen molar-refractivity contribution in [1.29, 1.82) is 0 Å². The Labute approximate surface area is 149 Å². The van der Waals surface area contributed by atoms with Crippen LogP contribution in [-0.4, -0.2) is 23.6 Å². The number of fused-ring (bicyclic) bond motifs is 1. The van der Waals surface area contributed by atoms with Gasteiger partial charge in [-0.3, -0.25) is 4.79 Å².